The van der Waals surface area contributed by atoms with Crippen LogP contribution in [0.25, 0.3) is 0 Å². The topological polar surface area (TPSA) is 59.0 Å². The predicted octanol–water partition coefficient (Wildman–Crippen LogP) is 2.60. The quantitative estimate of drug-likeness (QED) is 0.794. The van der Waals surface area contributed by atoms with Crippen molar-refractivity contribution < 1.29 is 4.74 Å². The van der Waals surface area contributed by atoms with Crippen molar-refractivity contribution in [2.24, 2.45) is 5.73 Å². The van der Waals surface area contributed by atoms with Crippen LogP contribution in [0, 0.1) is 11.3 Å². The van der Waals surface area contributed by atoms with Crippen LogP contribution in [0.15, 0.2) is 24.3 Å². The second-order valence-corrected chi connectivity index (χ2v) is 4.57. The van der Waals surface area contributed by atoms with E-state index in [0.29, 0.717) is 11.3 Å². The normalized spacial score (nSPS) is 24.7. The second-order valence-electron chi connectivity index (χ2n) is 4.57. The number of hydrogen-bond donors (Lipinski definition) is 1. The summed E-state index contributed by atoms with van der Waals surface area (Å²) in [5.74, 6) is 0.664. The maximum absolute atomic E-state index is 9.01. The number of benzene rings is 1. The van der Waals surface area contributed by atoms with Gasteiger partial charge in [-0.2, -0.15) is 5.26 Å². The largest absolute Gasteiger partial charge is 0.487 e. The highest BCUT2D eigenvalue weighted by atomic mass is 16.5. The molecule has 0 bridgehead atoms. The molecule has 90 valence electrons. The Labute approximate surface area is 102 Å². The van der Waals surface area contributed by atoms with Gasteiger partial charge in [0.2, 0.25) is 0 Å². The van der Waals surface area contributed by atoms with Crippen LogP contribution < -0.4 is 10.5 Å². The summed E-state index contributed by atoms with van der Waals surface area (Å²) in [5.41, 5.74) is 6.70. The molecule has 17 heavy (non-hydrogen) atoms. The molecular weight excluding hydrogens is 212 g/mol. The molecule has 2 rings (SSSR count). The van der Waals surface area contributed by atoms with E-state index in [1.54, 1.807) is 6.07 Å². The SMILES string of the molecule is N#Cc1ccccc1OC1CCCCCC1N. The van der Waals surface area contributed by atoms with Crippen LogP contribution in [0.4, 0.5) is 0 Å². The van der Waals surface area contributed by atoms with Crippen LogP contribution >= 0.6 is 0 Å². The van der Waals surface area contributed by atoms with Gasteiger partial charge in [0.25, 0.3) is 0 Å². The van der Waals surface area contributed by atoms with Crippen molar-refractivity contribution in [3.05, 3.63) is 29.8 Å². The summed E-state index contributed by atoms with van der Waals surface area (Å²) in [5, 5.41) is 9.01. The van der Waals surface area contributed by atoms with Crippen LogP contribution in [0.5, 0.6) is 5.75 Å². The number of ether oxygens (including phenoxy) is 1. The van der Waals surface area contributed by atoms with Crippen molar-refractivity contribution in [3.8, 4) is 11.8 Å². The molecule has 2 atom stereocenters. The fourth-order valence-electron chi connectivity index (χ4n) is 2.27. The molecule has 2 unspecified atom stereocenters. The number of nitrogens with zero attached hydrogens (tertiary/aromatic N) is 1. The van der Waals surface area contributed by atoms with Gasteiger partial charge in [0.05, 0.1) is 5.56 Å². The molecule has 2 N–H and O–H groups in total. The lowest BCUT2D eigenvalue weighted by atomic mass is 10.1. The van der Waals surface area contributed by atoms with Gasteiger partial charge in [-0.25, -0.2) is 0 Å². The van der Waals surface area contributed by atoms with E-state index in [2.05, 4.69) is 6.07 Å². The Kier molecular flexibility index (Phi) is 4.00. The molecular formula is C14H18N2O. The standard InChI is InChI=1S/C14H18N2O/c15-10-11-6-4-5-8-13(11)17-14-9-3-1-2-7-12(14)16/h4-6,8,12,14H,1-3,7,9,16H2. The summed E-state index contributed by atoms with van der Waals surface area (Å²) in [6.45, 7) is 0. The Hall–Kier alpha value is -1.53. The van der Waals surface area contributed by atoms with Crippen molar-refractivity contribution in [1.29, 1.82) is 5.26 Å². The Bertz CT molecular complexity index is 411. The van der Waals surface area contributed by atoms with Crippen molar-refractivity contribution in [1.82, 2.24) is 0 Å². The first-order valence-electron chi connectivity index (χ1n) is 6.22. The van der Waals surface area contributed by atoms with Crippen molar-refractivity contribution in [2.45, 2.75) is 44.2 Å². The average molecular weight is 230 g/mol. The monoisotopic (exact) mass is 230 g/mol. The summed E-state index contributed by atoms with van der Waals surface area (Å²) in [6, 6.07) is 9.59. The van der Waals surface area contributed by atoms with Crippen LogP contribution in [0.1, 0.15) is 37.7 Å². The minimum absolute atomic E-state index is 0.0481. The van der Waals surface area contributed by atoms with E-state index in [1.807, 2.05) is 18.2 Å². The molecule has 3 heteroatoms. The minimum atomic E-state index is 0.0481. The van der Waals surface area contributed by atoms with Gasteiger partial charge in [-0.05, 0) is 31.4 Å². The molecule has 0 saturated heterocycles. The zero-order chi connectivity index (χ0) is 12.1. The van der Waals surface area contributed by atoms with Gasteiger partial charge in [-0.1, -0.05) is 25.0 Å². The summed E-state index contributed by atoms with van der Waals surface area (Å²) in [4.78, 5) is 0. The van der Waals surface area contributed by atoms with E-state index in [4.69, 9.17) is 15.7 Å². The van der Waals surface area contributed by atoms with E-state index < -0.39 is 0 Å². The van der Waals surface area contributed by atoms with E-state index in [0.717, 1.165) is 19.3 Å². The fraction of sp³-hybridized carbons (Fsp3) is 0.500. The van der Waals surface area contributed by atoms with E-state index in [1.165, 1.54) is 12.8 Å². The molecule has 1 aromatic rings. The van der Waals surface area contributed by atoms with E-state index in [9.17, 15) is 0 Å². The van der Waals surface area contributed by atoms with Crippen LogP contribution in [-0.2, 0) is 0 Å². The van der Waals surface area contributed by atoms with Gasteiger partial charge in [0.15, 0.2) is 0 Å². The molecule has 0 spiro atoms. The average Bonchev–Trinajstić information content (AvgIpc) is 2.56. The van der Waals surface area contributed by atoms with Crippen LogP contribution in [0.3, 0.4) is 0 Å². The van der Waals surface area contributed by atoms with Gasteiger partial charge in [-0.3, -0.25) is 0 Å². The summed E-state index contributed by atoms with van der Waals surface area (Å²) < 4.78 is 5.92. The minimum Gasteiger partial charge on any atom is -0.487 e. The number of hydrogen-bond acceptors (Lipinski definition) is 3. The molecule has 1 saturated carbocycles. The van der Waals surface area contributed by atoms with Crippen molar-refractivity contribution in [3.63, 3.8) is 0 Å². The number of rotatable bonds is 2. The smallest absolute Gasteiger partial charge is 0.137 e. The zero-order valence-corrected chi connectivity index (χ0v) is 9.93. The van der Waals surface area contributed by atoms with Crippen molar-refractivity contribution in [2.75, 3.05) is 0 Å². The number of para-hydroxylation sites is 1. The first-order chi connectivity index (χ1) is 8.31. The maximum atomic E-state index is 9.01. The highest BCUT2D eigenvalue weighted by Crippen LogP contribution is 2.24. The predicted molar refractivity (Wildman–Crippen MR) is 66.6 cm³/mol. The highest BCUT2D eigenvalue weighted by molar-refractivity contribution is 5.42. The Balaban J connectivity index is 2.11. The summed E-state index contributed by atoms with van der Waals surface area (Å²) in [6.07, 6.45) is 5.62. The molecule has 0 aromatic heterocycles. The molecule has 0 amide bonds. The Morgan fingerprint density at radius 1 is 1.18 bits per heavy atom. The van der Waals surface area contributed by atoms with Crippen LogP contribution in [0.2, 0.25) is 0 Å². The third-order valence-electron chi connectivity index (χ3n) is 3.29. The molecule has 0 aliphatic heterocycles. The number of nitriles is 1. The lowest BCUT2D eigenvalue weighted by molar-refractivity contribution is 0.162. The Morgan fingerprint density at radius 3 is 2.76 bits per heavy atom. The fourth-order valence-corrected chi connectivity index (χ4v) is 2.27. The van der Waals surface area contributed by atoms with E-state index in [-0.39, 0.29) is 12.1 Å². The van der Waals surface area contributed by atoms with Crippen LogP contribution in [-0.4, -0.2) is 12.1 Å². The van der Waals surface area contributed by atoms with Gasteiger partial charge in [-0.15, -0.1) is 0 Å². The molecule has 1 aromatic carbocycles. The van der Waals surface area contributed by atoms with Gasteiger partial charge in [0.1, 0.15) is 17.9 Å². The molecule has 1 aliphatic rings. The molecule has 0 radical (unpaired) electrons. The third kappa shape index (κ3) is 2.98. The first kappa shape index (κ1) is 11.9. The van der Waals surface area contributed by atoms with Gasteiger partial charge in [0, 0.05) is 6.04 Å². The van der Waals surface area contributed by atoms with Gasteiger partial charge < -0.3 is 10.5 Å². The molecule has 0 heterocycles. The third-order valence-corrected chi connectivity index (χ3v) is 3.29. The van der Waals surface area contributed by atoms with E-state index >= 15 is 0 Å². The van der Waals surface area contributed by atoms with Crippen molar-refractivity contribution >= 4 is 0 Å². The van der Waals surface area contributed by atoms with Gasteiger partial charge >= 0.3 is 0 Å². The summed E-state index contributed by atoms with van der Waals surface area (Å²) in [7, 11) is 0. The zero-order valence-electron chi connectivity index (χ0n) is 9.93. The second kappa shape index (κ2) is 5.70. The molecule has 3 nitrogen and oxygen atoms in total. The summed E-state index contributed by atoms with van der Waals surface area (Å²) >= 11 is 0. The Morgan fingerprint density at radius 2 is 1.94 bits per heavy atom. The first-order valence-corrected chi connectivity index (χ1v) is 6.22. The molecule has 1 aliphatic carbocycles. The lowest BCUT2D eigenvalue weighted by Crippen LogP contribution is -2.38. The maximum Gasteiger partial charge on any atom is 0.137 e. The highest BCUT2D eigenvalue weighted by Gasteiger charge is 2.22. The molecule has 1 fully saturated rings. The lowest BCUT2D eigenvalue weighted by Gasteiger charge is -2.23. The number of nitrogens with two attached hydrogens (primary N) is 1.